The highest BCUT2D eigenvalue weighted by Crippen LogP contribution is 2.41. The second-order valence-electron chi connectivity index (χ2n) is 13.9. The molecule has 2 fully saturated rings. The fraction of sp³-hybridized carbons (Fsp3) is 0.611. The number of aryl methyl sites for hydroxylation is 1. The second-order valence-corrected chi connectivity index (χ2v) is 15.2. The van der Waals surface area contributed by atoms with Gasteiger partial charge in [-0.15, -0.1) is 0 Å². The van der Waals surface area contributed by atoms with E-state index in [0.29, 0.717) is 23.6 Å². The van der Waals surface area contributed by atoms with Crippen LogP contribution < -0.4 is 10.2 Å². The summed E-state index contributed by atoms with van der Waals surface area (Å²) in [5.41, 5.74) is 1.72. The first-order valence-electron chi connectivity index (χ1n) is 16.8. The molecule has 11 nitrogen and oxygen atoms in total. The minimum atomic E-state index is -1.58. The predicted molar refractivity (Wildman–Crippen MR) is 191 cm³/mol. The Kier molecular flexibility index (Phi) is 12.5. The molecule has 49 heavy (non-hydrogen) atoms. The zero-order valence-electron chi connectivity index (χ0n) is 29.6. The summed E-state index contributed by atoms with van der Waals surface area (Å²) < 4.78 is 17.7. The molecule has 1 aromatic rings. The van der Waals surface area contributed by atoms with Gasteiger partial charge in [0.05, 0.1) is 23.2 Å². The van der Waals surface area contributed by atoms with Crippen LogP contribution in [0.15, 0.2) is 35.9 Å². The molecule has 13 heteroatoms. The molecule has 4 rings (SSSR count). The van der Waals surface area contributed by atoms with E-state index in [1.165, 1.54) is 16.8 Å². The number of alkyl carbamates (subject to hydrolysis) is 1. The Balaban J connectivity index is 1.68. The van der Waals surface area contributed by atoms with Crippen molar-refractivity contribution in [2.45, 2.75) is 115 Å². The van der Waals surface area contributed by atoms with Gasteiger partial charge in [-0.3, -0.25) is 14.9 Å². The summed E-state index contributed by atoms with van der Waals surface area (Å²) in [5, 5.41) is 14.6. The van der Waals surface area contributed by atoms with Gasteiger partial charge in [-0.25, -0.2) is 9.59 Å². The van der Waals surface area contributed by atoms with Crippen LogP contribution in [0.3, 0.4) is 0 Å². The van der Waals surface area contributed by atoms with E-state index in [2.05, 4.69) is 17.9 Å². The molecule has 0 radical (unpaired) electrons. The molecule has 3 heterocycles. The van der Waals surface area contributed by atoms with Crippen molar-refractivity contribution in [1.29, 1.82) is 0 Å². The number of ether oxygens (including phenoxy) is 3. The molecule has 2 N–H and O–H groups in total. The van der Waals surface area contributed by atoms with Gasteiger partial charge < -0.3 is 29.1 Å². The first kappa shape index (κ1) is 38.7. The molecule has 1 aromatic carbocycles. The molecule has 3 aliphatic heterocycles. The van der Waals surface area contributed by atoms with Crippen LogP contribution in [0.1, 0.15) is 71.4 Å². The lowest BCUT2D eigenvalue weighted by Gasteiger charge is -2.41. The van der Waals surface area contributed by atoms with Crippen LogP contribution >= 0.6 is 24.2 Å². The largest absolute Gasteiger partial charge is 0.457 e. The van der Waals surface area contributed by atoms with Crippen LogP contribution in [0.4, 0.5) is 10.5 Å². The molecule has 9 atom stereocenters. The van der Waals surface area contributed by atoms with Crippen molar-refractivity contribution in [1.82, 2.24) is 10.2 Å². The van der Waals surface area contributed by atoms with Crippen molar-refractivity contribution in [3.8, 4) is 0 Å². The van der Waals surface area contributed by atoms with Gasteiger partial charge in [-0.1, -0.05) is 62.2 Å². The van der Waals surface area contributed by atoms with E-state index in [0.717, 1.165) is 16.7 Å². The molecule has 9 unspecified atom stereocenters. The number of hydrogen-bond donors (Lipinski definition) is 3. The maximum atomic E-state index is 13.9. The number of nitrogens with one attached hydrogen (secondary N) is 1. The molecule has 2 saturated heterocycles. The predicted octanol–water partition coefficient (Wildman–Crippen LogP) is 5.14. The summed E-state index contributed by atoms with van der Waals surface area (Å²) in [5.74, 6) is -2.15. The lowest BCUT2D eigenvalue weighted by atomic mass is 9.84. The van der Waals surface area contributed by atoms with E-state index in [-0.39, 0.29) is 36.3 Å². The topological polar surface area (TPSA) is 138 Å². The van der Waals surface area contributed by atoms with Crippen molar-refractivity contribution in [2.24, 2.45) is 11.8 Å². The van der Waals surface area contributed by atoms with Crippen LogP contribution in [0.2, 0.25) is 5.02 Å². The first-order valence-corrected chi connectivity index (χ1v) is 17.7. The van der Waals surface area contributed by atoms with Gasteiger partial charge in [0.1, 0.15) is 30.1 Å². The van der Waals surface area contributed by atoms with E-state index >= 15 is 0 Å². The number of fused-ring (bicyclic) bond motifs is 5. The number of halogens is 1. The van der Waals surface area contributed by atoms with Gasteiger partial charge >= 0.3 is 12.1 Å². The van der Waals surface area contributed by atoms with Crippen molar-refractivity contribution in [3.05, 3.63) is 52.1 Å². The Bertz CT molecular complexity index is 1500. The summed E-state index contributed by atoms with van der Waals surface area (Å²) >= 11 is 11.1. The lowest BCUT2D eigenvalue weighted by molar-refractivity contribution is -0.159. The summed E-state index contributed by atoms with van der Waals surface area (Å²) in [7, 11) is 3.17. The smallest absolute Gasteiger partial charge is 0.409 e. The van der Waals surface area contributed by atoms with Crippen molar-refractivity contribution in [2.75, 3.05) is 19.0 Å². The zero-order chi connectivity index (χ0) is 36.4. The third-order valence-corrected chi connectivity index (χ3v) is 10.7. The standard InChI is InChI=1S/C36H50ClN3O8S/c1-19-10-9-11-21(3)36(45)18-28(47-35(44)38-36)23(5)32-33(48-32)27(46-34(43)24(6)39(7)29(41)13-12-22(4)49)17-30(42)40(8)26-16-25(14-19)15-20(2)31(26)37/h9-11,15-16,21-24,27-28,32-33,45,49H,12-14,17-18H2,1-8H3,(H,38,44)/b11-9+,19-10+. The summed E-state index contributed by atoms with van der Waals surface area (Å²) in [6.07, 6.45) is 3.11. The summed E-state index contributed by atoms with van der Waals surface area (Å²) in [4.78, 5) is 55.7. The third-order valence-electron chi connectivity index (χ3n) is 9.90. The maximum absolute atomic E-state index is 13.9. The highest BCUT2D eigenvalue weighted by atomic mass is 35.5. The quantitative estimate of drug-likeness (QED) is 0.209. The van der Waals surface area contributed by atoms with Gasteiger partial charge in [-0.05, 0) is 56.1 Å². The number of aliphatic hydroxyl groups is 1. The van der Waals surface area contributed by atoms with Crippen molar-refractivity contribution in [3.63, 3.8) is 0 Å². The Morgan fingerprint density at radius 3 is 2.59 bits per heavy atom. The number of carbonyl (C=O) groups excluding carboxylic acids is 4. The fourth-order valence-electron chi connectivity index (χ4n) is 6.30. The molecular weight excluding hydrogens is 670 g/mol. The van der Waals surface area contributed by atoms with Crippen molar-refractivity contribution >= 4 is 53.8 Å². The van der Waals surface area contributed by atoms with Crippen LogP contribution in [0, 0.1) is 18.8 Å². The van der Waals surface area contributed by atoms with Gasteiger partial charge in [0.2, 0.25) is 11.8 Å². The molecule has 0 aromatic heterocycles. The number of anilines is 1. The van der Waals surface area contributed by atoms with E-state index in [4.69, 9.17) is 25.8 Å². The molecule has 4 bridgehead atoms. The third kappa shape index (κ3) is 9.39. The molecule has 0 saturated carbocycles. The number of esters is 1. The average molecular weight is 720 g/mol. The Hall–Kier alpha value is -3.06. The summed E-state index contributed by atoms with van der Waals surface area (Å²) in [6.45, 7) is 11.0. The normalized spacial score (nSPS) is 32.0. The monoisotopic (exact) mass is 719 g/mol. The molecule has 0 aliphatic carbocycles. The van der Waals surface area contributed by atoms with Gasteiger partial charge in [0.25, 0.3) is 0 Å². The van der Waals surface area contributed by atoms with E-state index < -0.39 is 60.1 Å². The lowest BCUT2D eigenvalue weighted by Crippen LogP contribution is -2.60. The van der Waals surface area contributed by atoms with Crippen LogP contribution in [-0.2, 0) is 35.0 Å². The zero-order valence-corrected chi connectivity index (χ0v) is 31.2. The number of amides is 3. The number of nitrogens with zero attached hydrogens (tertiary/aromatic N) is 2. The minimum Gasteiger partial charge on any atom is -0.457 e. The van der Waals surface area contributed by atoms with Crippen LogP contribution in [0.5, 0.6) is 0 Å². The second kappa shape index (κ2) is 15.9. The summed E-state index contributed by atoms with van der Waals surface area (Å²) in [6, 6.07) is 2.92. The molecule has 270 valence electrons. The van der Waals surface area contributed by atoms with Crippen LogP contribution in [0.25, 0.3) is 0 Å². The Morgan fingerprint density at radius 1 is 1.22 bits per heavy atom. The van der Waals surface area contributed by atoms with E-state index in [1.54, 1.807) is 14.0 Å². The molecule has 0 spiro atoms. The number of hydrogen-bond acceptors (Lipinski definition) is 9. The van der Waals surface area contributed by atoms with E-state index in [1.807, 2.05) is 65.0 Å². The Labute approximate surface area is 299 Å². The van der Waals surface area contributed by atoms with Gasteiger partial charge in [0.15, 0.2) is 0 Å². The van der Waals surface area contributed by atoms with Gasteiger partial charge in [-0.2, -0.15) is 12.6 Å². The fourth-order valence-corrected chi connectivity index (χ4v) is 6.67. The highest BCUT2D eigenvalue weighted by molar-refractivity contribution is 7.80. The highest BCUT2D eigenvalue weighted by Gasteiger charge is 2.55. The SMILES string of the molecule is C/C1=C\C=C\C(C)C2(O)CC(OC(=O)N2)C(C)C2OC2C(OC(=O)C(C)N(C)C(=O)CCC(C)S)CC(=O)N(C)c2cc(cc(C)c2Cl)C1. The number of benzene rings is 1. The average Bonchev–Trinajstić information content (AvgIpc) is 3.83. The van der Waals surface area contributed by atoms with Crippen molar-refractivity contribution < 1.29 is 38.5 Å². The van der Waals surface area contributed by atoms with Crippen LogP contribution in [-0.4, -0.2) is 89.4 Å². The Morgan fingerprint density at radius 2 is 1.92 bits per heavy atom. The first-order chi connectivity index (χ1) is 22.9. The number of carbonyl (C=O) groups is 4. The molecule has 3 aliphatic rings. The number of epoxide rings is 1. The van der Waals surface area contributed by atoms with E-state index in [9.17, 15) is 24.3 Å². The molecular formula is C36H50ClN3O8S. The van der Waals surface area contributed by atoms with Gasteiger partial charge in [0, 0.05) is 38.8 Å². The molecule has 3 amide bonds. The minimum absolute atomic E-state index is 0.0265. The number of likely N-dealkylation sites (N-methyl/N-ethyl adjacent to an activating group) is 1. The number of allylic oxidation sites excluding steroid dienone is 3. The maximum Gasteiger partial charge on any atom is 0.409 e. The number of rotatable bonds is 6. The number of thiol groups is 1.